The highest BCUT2D eigenvalue weighted by Crippen LogP contribution is 1.96. The lowest BCUT2D eigenvalue weighted by atomic mass is 10.2. The van der Waals surface area contributed by atoms with Gasteiger partial charge in [0.1, 0.15) is 0 Å². The van der Waals surface area contributed by atoms with E-state index >= 15 is 0 Å². The number of nitrogens with two attached hydrogens (primary N) is 1. The third kappa shape index (κ3) is 5.70. The minimum atomic E-state index is -0.0369. The zero-order valence-electron chi connectivity index (χ0n) is 9.11. The van der Waals surface area contributed by atoms with Crippen molar-refractivity contribution in [1.29, 1.82) is 0 Å². The van der Waals surface area contributed by atoms with Gasteiger partial charge in [0.15, 0.2) is 0 Å². The average molecular weight is 244 g/mol. The molecule has 0 atom stereocenters. The highest BCUT2D eigenvalue weighted by atomic mass is 35.5. The maximum Gasteiger partial charge on any atom is 0.251 e. The minimum Gasteiger partial charge on any atom is -0.351 e. The Bertz CT molecular complexity index is 293. The highest BCUT2D eigenvalue weighted by Gasteiger charge is 2.01. The fourth-order valence-corrected chi connectivity index (χ4v) is 1.18. The van der Waals surface area contributed by atoms with Crippen LogP contribution in [0.4, 0.5) is 0 Å². The summed E-state index contributed by atoms with van der Waals surface area (Å²) in [6, 6.07) is 9.17. The van der Waals surface area contributed by atoms with Gasteiger partial charge in [-0.15, -0.1) is 12.4 Å². The van der Waals surface area contributed by atoms with Crippen molar-refractivity contribution < 1.29 is 4.79 Å². The van der Waals surface area contributed by atoms with Gasteiger partial charge < -0.3 is 16.4 Å². The molecule has 0 aliphatic heterocycles. The number of benzene rings is 1. The SMILES string of the molecule is Cl.NCCNCCNC(=O)c1ccccc1. The first-order valence-corrected chi connectivity index (χ1v) is 5.08. The third-order valence-electron chi connectivity index (χ3n) is 1.94. The smallest absolute Gasteiger partial charge is 0.251 e. The predicted molar refractivity (Wildman–Crippen MR) is 67.9 cm³/mol. The molecule has 0 heterocycles. The van der Waals surface area contributed by atoms with Crippen molar-refractivity contribution in [3.63, 3.8) is 0 Å². The molecule has 1 aromatic rings. The lowest BCUT2D eigenvalue weighted by Gasteiger charge is -2.05. The van der Waals surface area contributed by atoms with Crippen LogP contribution in [0.3, 0.4) is 0 Å². The predicted octanol–water partition coefficient (Wildman–Crippen LogP) is 0.386. The van der Waals surface area contributed by atoms with Gasteiger partial charge in [-0.3, -0.25) is 4.79 Å². The number of halogens is 1. The van der Waals surface area contributed by atoms with Gasteiger partial charge in [0.05, 0.1) is 0 Å². The molecule has 0 spiro atoms. The van der Waals surface area contributed by atoms with Gasteiger partial charge in [-0.05, 0) is 12.1 Å². The molecule has 90 valence electrons. The van der Waals surface area contributed by atoms with Crippen LogP contribution in [-0.4, -0.2) is 32.1 Å². The molecular formula is C11H18ClN3O. The zero-order valence-corrected chi connectivity index (χ0v) is 9.93. The first-order chi connectivity index (χ1) is 7.34. The quantitative estimate of drug-likeness (QED) is 0.633. The number of hydrogen-bond donors (Lipinski definition) is 3. The average Bonchev–Trinajstić information content (AvgIpc) is 2.30. The summed E-state index contributed by atoms with van der Waals surface area (Å²) in [5, 5.41) is 5.92. The minimum absolute atomic E-state index is 0. The van der Waals surface area contributed by atoms with E-state index in [4.69, 9.17) is 5.73 Å². The Labute approximate surface area is 102 Å². The first-order valence-electron chi connectivity index (χ1n) is 5.08. The summed E-state index contributed by atoms with van der Waals surface area (Å²) in [4.78, 5) is 11.5. The third-order valence-corrected chi connectivity index (χ3v) is 1.94. The van der Waals surface area contributed by atoms with Gasteiger partial charge in [-0.25, -0.2) is 0 Å². The molecule has 0 unspecified atom stereocenters. The molecule has 16 heavy (non-hydrogen) atoms. The van der Waals surface area contributed by atoms with E-state index in [0.717, 1.165) is 13.1 Å². The number of rotatable bonds is 6. The summed E-state index contributed by atoms with van der Waals surface area (Å²) < 4.78 is 0. The maximum absolute atomic E-state index is 11.5. The van der Waals surface area contributed by atoms with E-state index in [0.29, 0.717) is 18.7 Å². The number of carbonyl (C=O) groups excluding carboxylic acids is 1. The maximum atomic E-state index is 11.5. The largest absolute Gasteiger partial charge is 0.351 e. The summed E-state index contributed by atoms with van der Waals surface area (Å²) in [5.41, 5.74) is 6.00. The highest BCUT2D eigenvalue weighted by molar-refractivity contribution is 5.94. The van der Waals surface area contributed by atoms with E-state index in [2.05, 4.69) is 10.6 Å². The second-order valence-corrected chi connectivity index (χ2v) is 3.16. The monoisotopic (exact) mass is 243 g/mol. The van der Waals surface area contributed by atoms with Gasteiger partial charge in [0.25, 0.3) is 5.91 Å². The van der Waals surface area contributed by atoms with Gasteiger partial charge in [-0.2, -0.15) is 0 Å². The molecule has 0 fully saturated rings. The molecule has 1 rings (SSSR count). The van der Waals surface area contributed by atoms with E-state index in [1.54, 1.807) is 12.1 Å². The molecule has 0 radical (unpaired) electrons. The summed E-state index contributed by atoms with van der Waals surface area (Å²) in [7, 11) is 0. The van der Waals surface area contributed by atoms with Crippen molar-refractivity contribution in [3.8, 4) is 0 Å². The number of amides is 1. The second-order valence-electron chi connectivity index (χ2n) is 3.16. The molecule has 5 heteroatoms. The molecule has 1 aromatic carbocycles. The van der Waals surface area contributed by atoms with Crippen LogP contribution in [0.5, 0.6) is 0 Å². The van der Waals surface area contributed by atoms with Gasteiger partial charge >= 0.3 is 0 Å². The lowest BCUT2D eigenvalue weighted by Crippen LogP contribution is -2.33. The Morgan fingerprint density at radius 1 is 1.12 bits per heavy atom. The molecule has 1 amide bonds. The van der Waals surface area contributed by atoms with Crippen molar-refractivity contribution in [1.82, 2.24) is 10.6 Å². The Hall–Kier alpha value is -1.10. The van der Waals surface area contributed by atoms with Crippen LogP contribution in [0.25, 0.3) is 0 Å². The van der Waals surface area contributed by atoms with Gasteiger partial charge in [0.2, 0.25) is 0 Å². The normalized spacial score (nSPS) is 9.31. The molecule has 4 nitrogen and oxygen atoms in total. The van der Waals surface area contributed by atoms with E-state index in [-0.39, 0.29) is 18.3 Å². The van der Waals surface area contributed by atoms with E-state index in [1.165, 1.54) is 0 Å². The van der Waals surface area contributed by atoms with Crippen LogP contribution in [0, 0.1) is 0 Å². The molecular weight excluding hydrogens is 226 g/mol. The number of hydrogen-bond acceptors (Lipinski definition) is 3. The van der Waals surface area contributed by atoms with Crippen molar-refractivity contribution in [2.75, 3.05) is 26.2 Å². The van der Waals surface area contributed by atoms with E-state index in [9.17, 15) is 4.79 Å². The zero-order chi connectivity index (χ0) is 10.9. The van der Waals surface area contributed by atoms with Crippen molar-refractivity contribution in [2.24, 2.45) is 5.73 Å². The van der Waals surface area contributed by atoms with E-state index < -0.39 is 0 Å². The van der Waals surface area contributed by atoms with Crippen LogP contribution in [0.2, 0.25) is 0 Å². The first kappa shape index (κ1) is 14.9. The van der Waals surface area contributed by atoms with Crippen molar-refractivity contribution >= 4 is 18.3 Å². The fourth-order valence-electron chi connectivity index (χ4n) is 1.18. The summed E-state index contributed by atoms with van der Waals surface area (Å²) in [6.45, 7) is 2.76. The molecule has 0 bridgehead atoms. The van der Waals surface area contributed by atoms with Crippen LogP contribution in [0.15, 0.2) is 30.3 Å². The van der Waals surface area contributed by atoms with Crippen LogP contribution < -0.4 is 16.4 Å². The Morgan fingerprint density at radius 2 is 1.81 bits per heavy atom. The van der Waals surface area contributed by atoms with Gasteiger partial charge in [0, 0.05) is 31.7 Å². The molecule has 4 N–H and O–H groups in total. The second kappa shape index (κ2) is 9.15. The van der Waals surface area contributed by atoms with Crippen molar-refractivity contribution in [2.45, 2.75) is 0 Å². The van der Waals surface area contributed by atoms with E-state index in [1.807, 2.05) is 18.2 Å². The molecule has 0 saturated carbocycles. The topological polar surface area (TPSA) is 67.2 Å². The summed E-state index contributed by atoms with van der Waals surface area (Å²) >= 11 is 0. The van der Waals surface area contributed by atoms with Gasteiger partial charge in [-0.1, -0.05) is 18.2 Å². The molecule has 0 aliphatic carbocycles. The van der Waals surface area contributed by atoms with Crippen LogP contribution in [0.1, 0.15) is 10.4 Å². The molecule has 0 saturated heterocycles. The molecule has 0 aliphatic rings. The summed E-state index contributed by atoms with van der Waals surface area (Å²) in [5.74, 6) is -0.0369. The van der Waals surface area contributed by atoms with Crippen molar-refractivity contribution in [3.05, 3.63) is 35.9 Å². The number of carbonyl (C=O) groups is 1. The standard InChI is InChI=1S/C11H17N3O.ClH/c12-6-7-13-8-9-14-11(15)10-4-2-1-3-5-10;/h1-5,13H,6-9,12H2,(H,14,15);1H. The fraction of sp³-hybridized carbons (Fsp3) is 0.364. The Morgan fingerprint density at radius 3 is 2.44 bits per heavy atom. The molecule has 0 aromatic heterocycles. The number of nitrogens with one attached hydrogen (secondary N) is 2. The summed E-state index contributed by atoms with van der Waals surface area (Å²) in [6.07, 6.45) is 0. The van der Waals surface area contributed by atoms with Crippen LogP contribution in [-0.2, 0) is 0 Å². The Kier molecular flexibility index (Phi) is 8.52. The lowest BCUT2D eigenvalue weighted by molar-refractivity contribution is 0.0954. The van der Waals surface area contributed by atoms with Crippen LogP contribution >= 0.6 is 12.4 Å². The Balaban J connectivity index is 0.00000225.